The van der Waals surface area contributed by atoms with Gasteiger partial charge in [-0.3, -0.25) is 0 Å². The van der Waals surface area contributed by atoms with Gasteiger partial charge in [0, 0.05) is 0 Å². The van der Waals surface area contributed by atoms with Gasteiger partial charge >= 0.3 is 6.16 Å². The molecule has 0 N–H and O–H groups in total. The van der Waals surface area contributed by atoms with E-state index < -0.39 is 6.16 Å². The molecule has 0 saturated heterocycles. The molecule has 0 unspecified atom stereocenters. The van der Waals surface area contributed by atoms with E-state index in [1.54, 1.807) is 0 Å². The van der Waals surface area contributed by atoms with Crippen molar-refractivity contribution in [3.8, 4) is 0 Å². The molecule has 0 bridgehead atoms. The second kappa shape index (κ2) is 5.84. The van der Waals surface area contributed by atoms with Crippen LogP contribution in [0.3, 0.4) is 0 Å². The lowest BCUT2D eigenvalue weighted by Crippen LogP contribution is -2.23. The molecule has 0 rings (SSSR count). The summed E-state index contributed by atoms with van der Waals surface area (Å²) >= 11 is 0. The van der Waals surface area contributed by atoms with Gasteiger partial charge in [-0.2, -0.15) is 0 Å². The normalized spacial score (nSPS) is 15.2. The third kappa shape index (κ3) is 5.50. The topological polar surface area (TPSA) is 35.5 Å². The molecule has 0 aliphatic rings. The molecular formula is C10H20O3. The lowest BCUT2D eigenvalue weighted by molar-refractivity contribution is -0.00483. The van der Waals surface area contributed by atoms with Crippen LogP contribution in [-0.4, -0.2) is 18.4 Å². The van der Waals surface area contributed by atoms with Gasteiger partial charge in [-0.1, -0.05) is 20.8 Å². The highest BCUT2D eigenvalue weighted by Crippen LogP contribution is 2.07. The molecule has 0 aromatic heterocycles. The van der Waals surface area contributed by atoms with Crippen LogP contribution in [0.25, 0.3) is 0 Å². The van der Waals surface area contributed by atoms with Gasteiger partial charge in [0.25, 0.3) is 0 Å². The van der Waals surface area contributed by atoms with Crippen LogP contribution < -0.4 is 0 Å². The summed E-state index contributed by atoms with van der Waals surface area (Å²) in [5, 5.41) is 0. The lowest BCUT2D eigenvalue weighted by Gasteiger charge is -2.17. The molecule has 78 valence electrons. The van der Waals surface area contributed by atoms with E-state index in [0.717, 1.165) is 6.42 Å². The summed E-state index contributed by atoms with van der Waals surface area (Å²) in [5.74, 6) is 0.324. The maximum atomic E-state index is 11.1. The zero-order valence-corrected chi connectivity index (χ0v) is 9.16. The molecule has 0 aliphatic carbocycles. The Morgan fingerprint density at radius 1 is 1.15 bits per heavy atom. The molecule has 0 aliphatic heterocycles. The highest BCUT2D eigenvalue weighted by atomic mass is 16.7. The van der Waals surface area contributed by atoms with E-state index in [4.69, 9.17) is 9.47 Å². The number of rotatable bonds is 4. The Labute approximate surface area is 80.4 Å². The van der Waals surface area contributed by atoms with E-state index in [1.165, 1.54) is 0 Å². The molecule has 0 radical (unpaired) electrons. The summed E-state index contributed by atoms with van der Waals surface area (Å²) in [4.78, 5) is 11.1. The van der Waals surface area contributed by atoms with Gasteiger partial charge in [0.15, 0.2) is 0 Å². The van der Waals surface area contributed by atoms with E-state index >= 15 is 0 Å². The van der Waals surface area contributed by atoms with Crippen molar-refractivity contribution in [1.82, 2.24) is 0 Å². The van der Waals surface area contributed by atoms with Crippen molar-refractivity contribution in [2.75, 3.05) is 0 Å². The Hall–Kier alpha value is -0.730. The average Bonchev–Trinajstić information content (AvgIpc) is 2.03. The standard InChI is InChI=1S/C10H20O3/c1-6-8(4)12-10(11)13-9(5)7(2)3/h7-9H,6H2,1-5H3/t8-,9+/m0/s1. The van der Waals surface area contributed by atoms with Crippen molar-refractivity contribution in [3.05, 3.63) is 0 Å². The third-order valence-electron chi connectivity index (χ3n) is 2.09. The smallest absolute Gasteiger partial charge is 0.431 e. The fourth-order valence-corrected chi connectivity index (χ4v) is 0.563. The first-order chi connectivity index (χ1) is 5.97. The van der Waals surface area contributed by atoms with Gasteiger partial charge in [0.1, 0.15) is 12.2 Å². The maximum Gasteiger partial charge on any atom is 0.508 e. The molecule has 0 aromatic carbocycles. The van der Waals surface area contributed by atoms with Gasteiger partial charge in [0.2, 0.25) is 0 Å². The van der Waals surface area contributed by atoms with Crippen molar-refractivity contribution in [2.24, 2.45) is 5.92 Å². The minimum Gasteiger partial charge on any atom is -0.431 e. The Morgan fingerprint density at radius 2 is 1.69 bits per heavy atom. The van der Waals surface area contributed by atoms with Crippen LogP contribution in [0.4, 0.5) is 4.79 Å². The lowest BCUT2D eigenvalue weighted by atomic mass is 10.1. The number of hydrogen-bond acceptors (Lipinski definition) is 3. The quantitative estimate of drug-likeness (QED) is 0.636. The fraction of sp³-hybridized carbons (Fsp3) is 0.900. The summed E-state index contributed by atoms with van der Waals surface area (Å²) < 4.78 is 9.98. The third-order valence-corrected chi connectivity index (χ3v) is 2.09. The largest absolute Gasteiger partial charge is 0.508 e. The van der Waals surface area contributed by atoms with Crippen LogP contribution in [0.1, 0.15) is 41.0 Å². The van der Waals surface area contributed by atoms with Crippen LogP contribution in [0.15, 0.2) is 0 Å². The first-order valence-corrected chi connectivity index (χ1v) is 4.84. The van der Waals surface area contributed by atoms with Gasteiger partial charge in [-0.05, 0) is 26.2 Å². The minimum absolute atomic E-state index is 0.0631. The van der Waals surface area contributed by atoms with E-state index in [1.807, 2.05) is 34.6 Å². The SMILES string of the molecule is CC[C@H](C)OC(=O)O[C@H](C)C(C)C. The first-order valence-electron chi connectivity index (χ1n) is 4.84. The molecule has 13 heavy (non-hydrogen) atoms. The van der Waals surface area contributed by atoms with E-state index in [0.29, 0.717) is 5.92 Å². The van der Waals surface area contributed by atoms with Crippen molar-refractivity contribution in [2.45, 2.75) is 53.2 Å². The van der Waals surface area contributed by atoms with E-state index in [9.17, 15) is 4.79 Å². The summed E-state index contributed by atoms with van der Waals surface area (Å²) in [6.07, 6.45) is 0.101. The van der Waals surface area contributed by atoms with Crippen molar-refractivity contribution in [3.63, 3.8) is 0 Å². The zero-order valence-electron chi connectivity index (χ0n) is 9.16. The average molecular weight is 188 g/mol. The van der Waals surface area contributed by atoms with Crippen LogP contribution in [0.5, 0.6) is 0 Å². The van der Waals surface area contributed by atoms with Gasteiger partial charge < -0.3 is 9.47 Å². The van der Waals surface area contributed by atoms with Crippen molar-refractivity contribution in [1.29, 1.82) is 0 Å². The summed E-state index contributed by atoms with van der Waals surface area (Å²) in [6, 6.07) is 0. The van der Waals surface area contributed by atoms with Gasteiger partial charge in [-0.15, -0.1) is 0 Å². The number of carbonyl (C=O) groups is 1. The second-order valence-electron chi connectivity index (χ2n) is 3.65. The molecule has 3 heteroatoms. The summed E-state index contributed by atoms with van der Waals surface area (Å²) in [6.45, 7) is 9.68. The van der Waals surface area contributed by atoms with Crippen molar-refractivity contribution < 1.29 is 14.3 Å². The van der Waals surface area contributed by atoms with Crippen LogP contribution >= 0.6 is 0 Å². The molecule has 0 aromatic rings. The van der Waals surface area contributed by atoms with Crippen LogP contribution in [0.2, 0.25) is 0 Å². The summed E-state index contributed by atoms with van der Waals surface area (Å²) in [7, 11) is 0. The Morgan fingerprint density at radius 3 is 2.08 bits per heavy atom. The maximum absolute atomic E-state index is 11.1. The first kappa shape index (κ1) is 12.3. The predicted octanol–water partition coefficient (Wildman–Crippen LogP) is 2.98. The molecule has 0 fully saturated rings. The number of hydrogen-bond donors (Lipinski definition) is 0. The van der Waals surface area contributed by atoms with Crippen molar-refractivity contribution >= 4 is 6.16 Å². The molecule has 0 spiro atoms. The second-order valence-corrected chi connectivity index (χ2v) is 3.65. The highest BCUT2D eigenvalue weighted by molar-refractivity contribution is 5.60. The Balaban J connectivity index is 3.74. The molecular weight excluding hydrogens is 168 g/mol. The fourth-order valence-electron chi connectivity index (χ4n) is 0.563. The molecule has 0 amide bonds. The minimum atomic E-state index is -0.560. The van der Waals surface area contributed by atoms with E-state index in [2.05, 4.69) is 0 Å². The van der Waals surface area contributed by atoms with Crippen LogP contribution in [0, 0.1) is 5.92 Å². The van der Waals surface area contributed by atoms with Crippen LogP contribution in [-0.2, 0) is 9.47 Å². The Kier molecular flexibility index (Phi) is 5.51. The molecule has 3 nitrogen and oxygen atoms in total. The highest BCUT2D eigenvalue weighted by Gasteiger charge is 2.15. The Bertz CT molecular complexity index is 154. The van der Waals surface area contributed by atoms with Gasteiger partial charge in [0.05, 0.1) is 0 Å². The predicted molar refractivity (Wildman–Crippen MR) is 51.6 cm³/mol. The van der Waals surface area contributed by atoms with E-state index in [-0.39, 0.29) is 12.2 Å². The summed E-state index contributed by atoms with van der Waals surface area (Å²) in [5.41, 5.74) is 0. The molecule has 0 heterocycles. The number of ether oxygens (including phenoxy) is 2. The molecule has 2 atom stereocenters. The monoisotopic (exact) mass is 188 g/mol. The number of carbonyl (C=O) groups excluding carboxylic acids is 1. The zero-order chi connectivity index (χ0) is 10.4. The van der Waals surface area contributed by atoms with Gasteiger partial charge in [-0.25, -0.2) is 4.79 Å². The molecule has 0 saturated carbocycles.